The predicted octanol–water partition coefficient (Wildman–Crippen LogP) is 1.40. The zero-order chi connectivity index (χ0) is 12.1. The summed E-state index contributed by atoms with van der Waals surface area (Å²) in [6, 6.07) is 2.00. The van der Waals surface area contributed by atoms with E-state index in [2.05, 4.69) is 49.9 Å². The summed E-state index contributed by atoms with van der Waals surface area (Å²) in [5.74, 6) is 0. The molecule has 0 saturated carbocycles. The molecular formula is C13H29N3. The highest BCUT2D eigenvalue weighted by Crippen LogP contribution is 2.12. The van der Waals surface area contributed by atoms with Gasteiger partial charge in [0.05, 0.1) is 0 Å². The fraction of sp³-hybridized carbons (Fsp3) is 1.00. The minimum atomic E-state index is 0.596. The van der Waals surface area contributed by atoms with Crippen molar-refractivity contribution in [1.82, 2.24) is 15.1 Å². The maximum absolute atomic E-state index is 3.56. The predicted molar refractivity (Wildman–Crippen MR) is 70.9 cm³/mol. The molecule has 96 valence electrons. The molecule has 0 radical (unpaired) electrons. The second-order valence-corrected chi connectivity index (χ2v) is 5.45. The molecule has 0 bridgehead atoms. The lowest BCUT2D eigenvalue weighted by molar-refractivity contribution is 0.0693. The normalized spacial score (nSPS) is 26.2. The maximum atomic E-state index is 3.56. The summed E-state index contributed by atoms with van der Waals surface area (Å²) in [6.07, 6.45) is 1.25. The lowest BCUT2D eigenvalue weighted by Gasteiger charge is -2.42. The molecule has 1 aliphatic rings. The number of piperazine rings is 1. The summed E-state index contributed by atoms with van der Waals surface area (Å²) in [5.41, 5.74) is 0. The first-order chi connectivity index (χ1) is 7.54. The minimum Gasteiger partial charge on any atom is -0.313 e. The summed E-state index contributed by atoms with van der Waals surface area (Å²) in [7, 11) is 2.23. The van der Waals surface area contributed by atoms with Crippen LogP contribution >= 0.6 is 0 Å². The third kappa shape index (κ3) is 4.04. The molecule has 1 N–H and O–H groups in total. The van der Waals surface area contributed by atoms with Gasteiger partial charge >= 0.3 is 0 Å². The standard InChI is InChI=1S/C13H29N3/c1-6-13(9-14-11(2)3)16-8-7-15(5)12(4)10-16/h11-14H,6-10H2,1-5H3. The second-order valence-electron chi connectivity index (χ2n) is 5.45. The van der Waals surface area contributed by atoms with Crippen molar-refractivity contribution in [2.24, 2.45) is 0 Å². The lowest BCUT2D eigenvalue weighted by Crippen LogP contribution is -2.55. The van der Waals surface area contributed by atoms with Gasteiger partial charge < -0.3 is 10.2 Å². The zero-order valence-electron chi connectivity index (χ0n) is 11.7. The van der Waals surface area contributed by atoms with Crippen LogP contribution in [0.5, 0.6) is 0 Å². The van der Waals surface area contributed by atoms with Crippen LogP contribution in [0, 0.1) is 0 Å². The fourth-order valence-electron chi connectivity index (χ4n) is 2.31. The van der Waals surface area contributed by atoms with Crippen LogP contribution in [0.2, 0.25) is 0 Å². The van der Waals surface area contributed by atoms with E-state index < -0.39 is 0 Å². The Morgan fingerprint density at radius 3 is 2.50 bits per heavy atom. The fourth-order valence-corrected chi connectivity index (χ4v) is 2.31. The van der Waals surface area contributed by atoms with E-state index >= 15 is 0 Å². The van der Waals surface area contributed by atoms with Gasteiger partial charge in [0, 0.05) is 44.3 Å². The summed E-state index contributed by atoms with van der Waals surface area (Å²) >= 11 is 0. The Kier molecular flexibility index (Phi) is 5.73. The van der Waals surface area contributed by atoms with E-state index in [1.54, 1.807) is 0 Å². The topological polar surface area (TPSA) is 18.5 Å². The van der Waals surface area contributed by atoms with Crippen LogP contribution in [0.15, 0.2) is 0 Å². The average molecular weight is 227 g/mol. The minimum absolute atomic E-state index is 0.596. The Morgan fingerprint density at radius 1 is 1.31 bits per heavy atom. The highest BCUT2D eigenvalue weighted by Gasteiger charge is 2.25. The molecular weight excluding hydrogens is 198 g/mol. The Morgan fingerprint density at radius 2 is 2.00 bits per heavy atom. The van der Waals surface area contributed by atoms with Crippen LogP contribution < -0.4 is 5.32 Å². The number of rotatable bonds is 5. The van der Waals surface area contributed by atoms with Crippen LogP contribution in [0.3, 0.4) is 0 Å². The van der Waals surface area contributed by atoms with Gasteiger partial charge in [-0.05, 0) is 20.4 Å². The van der Waals surface area contributed by atoms with Crippen molar-refractivity contribution in [3.63, 3.8) is 0 Å². The van der Waals surface area contributed by atoms with Crippen molar-refractivity contribution < 1.29 is 0 Å². The first-order valence-corrected chi connectivity index (χ1v) is 6.72. The second kappa shape index (κ2) is 6.58. The van der Waals surface area contributed by atoms with Gasteiger partial charge in [-0.15, -0.1) is 0 Å². The highest BCUT2D eigenvalue weighted by molar-refractivity contribution is 4.82. The van der Waals surface area contributed by atoms with Gasteiger partial charge in [0.1, 0.15) is 0 Å². The molecule has 0 amide bonds. The number of hydrogen-bond donors (Lipinski definition) is 1. The third-order valence-corrected chi connectivity index (χ3v) is 3.74. The van der Waals surface area contributed by atoms with Gasteiger partial charge in [0.25, 0.3) is 0 Å². The zero-order valence-corrected chi connectivity index (χ0v) is 11.7. The molecule has 2 unspecified atom stereocenters. The Bertz CT molecular complexity index is 194. The monoisotopic (exact) mass is 227 g/mol. The van der Waals surface area contributed by atoms with E-state index in [0.29, 0.717) is 18.1 Å². The molecule has 0 aromatic carbocycles. The van der Waals surface area contributed by atoms with Crippen LogP contribution in [-0.4, -0.2) is 61.2 Å². The van der Waals surface area contributed by atoms with Crippen LogP contribution in [-0.2, 0) is 0 Å². The van der Waals surface area contributed by atoms with Crippen LogP contribution in [0.1, 0.15) is 34.1 Å². The quantitative estimate of drug-likeness (QED) is 0.766. The number of nitrogens with one attached hydrogen (secondary N) is 1. The molecule has 2 atom stereocenters. The number of nitrogens with zero attached hydrogens (tertiary/aromatic N) is 2. The van der Waals surface area contributed by atoms with E-state index in [0.717, 1.165) is 6.54 Å². The number of hydrogen-bond acceptors (Lipinski definition) is 3. The molecule has 0 spiro atoms. The van der Waals surface area contributed by atoms with Gasteiger partial charge in [0.2, 0.25) is 0 Å². The largest absolute Gasteiger partial charge is 0.313 e. The van der Waals surface area contributed by atoms with Crippen molar-refractivity contribution in [1.29, 1.82) is 0 Å². The van der Waals surface area contributed by atoms with Gasteiger partial charge in [0.15, 0.2) is 0 Å². The molecule has 1 rings (SSSR count). The first kappa shape index (κ1) is 13.9. The molecule has 1 aliphatic heterocycles. The third-order valence-electron chi connectivity index (χ3n) is 3.74. The van der Waals surface area contributed by atoms with E-state index in [4.69, 9.17) is 0 Å². The molecule has 1 heterocycles. The molecule has 3 nitrogen and oxygen atoms in total. The van der Waals surface area contributed by atoms with Crippen molar-refractivity contribution in [2.75, 3.05) is 33.2 Å². The lowest BCUT2D eigenvalue weighted by atomic mass is 10.1. The molecule has 1 fully saturated rings. The molecule has 16 heavy (non-hydrogen) atoms. The van der Waals surface area contributed by atoms with Crippen LogP contribution in [0.25, 0.3) is 0 Å². The average Bonchev–Trinajstić information content (AvgIpc) is 2.23. The molecule has 1 saturated heterocycles. The van der Waals surface area contributed by atoms with E-state index in [1.807, 2.05) is 0 Å². The molecule has 3 heteroatoms. The number of likely N-dealkylation sites (N-methyl/N-ethyl adjacent to an activating group) is 1. The molecule has 0 aromatic heterocycles. The van der Waals surface area contributed by atoms with Crippen molar-refractivity contribution in [2.45, 2.75) is 52.2 Å². The summed E-state index contributed by atoms with van der Waals surface area (Å²) in [5, 5.41) is 3.56. The maximum Gasteiger partial charge on any atom is 0.0219 e. The molecule has 0 aliphatic carbocycles. The Labute approximate surface area is 101 Å². The van der Waals surface area contributed by atoms with Gasteiger partial charge in [-0.1, -0.05) is 20.8 Å². The van der Waals surface area contributed by atoms with E-state index in [1.165, 1.54) is 26.1 Å². The van der Waals surface area contributed by atoms with Crippen molar-refractivity contribution >= 4 is 0 Å². The Hall–Kier alpha value is -0.120. The Balaban J connectivity index is 2.40. The SMILES string of the molecule is CCC(CNC(C)C)N1CCN(C)C(C)C1. The molecule has 0 aromatic rings. The van der Waals surface area contributed by atoms with Gasteiger partial charge in [-0.3, -0.25) is 4.90 Å². The first-order valence-electron chi connectivity index (χ1n) is 6.72. The highest BCUT2D eigenvalue weighted by atomic mass is 15.3. The smallest absolute Gasteiger partial charge is 0.0219 e. The van der Waals surface area contributed by atoms with E-state index in [9.17, 15) is 0 Å². The van der Waals surface area contributed by atoms with Crippen LogP contribution in [0.4, 0.5) is 0 Å². The van der Waals surface area contributed by atoms with Crippen molar-refractivity contribution in [3.05, 3.63) is 0 Å². The summed E-state index contributed by atoms with van der Waals surface area (Å²) < 4.78 is 0. The summed E-state index contributed by atoms with van der Waals surface area (Å²) in [4.78, 5) is 5.11. The van der Waals surface area contributed by atoms with Crippen molar-refractivity contribution in [3.8, 4) is 0 Å². The van der Waals surface area contributed by atoms with E-state index in [-0.39, 0.29) is 0 Å². The van der Waals surface area contributed by atoms with Gasteiger partial charge in [-0.25, -0.2) is 0 Å². The van der Waals surface area contributed by atoms with Gasteiger partial charge in [-0.2, -0.15) is 0 Å². The summed E-state index contributed by atoms with van der Waals surface area (Å²) in [6.45, 7) is 13.8.